The second-order valence-electron chi connectivity index (χ2n) is 5.56. The number of nitrogens with one attached hydrogen (secondary N) is 1. The SMILES string of the molecule is CC(NC(=O)C1C2CCCCC21)C(C)C(=O)O. The van der Waals surface area contributed by atoms with E-state index in [-0.39, 0.29) is 17.9 Å². The van der Waals surface area contributed by atoms with Gasteiger partial charge in [-0.1, -0.05) is 12.8 Å². The fraction of sp³-hybridized carbons (Fsp3) is 0.846. The van der Waals surface area contributed by atoms with Crippen molar-refractivity contribution in [1.29, 1.82) is 0 Å². The summed E-state index contributed by atoms with van der Waals surface area (Å²) in [6.07, 6.45) is 4.83. The predicted molar refractivity (Wildman–Crippen MR) is 63.3 cm³/mol. The first-order valence-corrected chi connectivity index (χ1v) is 6.55. The molecule has 0 aromatic rings. The van der Waals surface area contributed by atoms with E-state index in [1.54, 1.807) is 13.8 Å². The summed E-state index contributed by atoms with van der Waals surface area (Å²) in [7, 11) is 0. The highest BCUT2D eigenvalue weighted by atomic mass is 16.4. The average Bonchev–Trinajstić information content (AvgIpc) is 3.01. The molecule has 4 atom stereocenters. The van der Waals surface area contributed by atoms with Crippen LogP contribution in [0.15, 0.2) is 0 Å². The van der Waals surface area contributed by atoms with Gasteiger partial charge in [0, 0.05) is 12.0 Å². The van der Waals surface area contributed by atoms with Crippen molar-refractivity contribution in [2.24, 2.45) is 23.7 Å². The number of fused-ring (bicyclic) bond motifs is 1. The van der Waals surface area contributed by atoms with Crippen molar-refractivity contribution in [2.45, 2.75) is 45.6 Å². The fourth-order valence-electron chi connectivity index (χ4n) is 3.04. The summed E-state index contributed by atoms with van der Waals surface area (Å²) in [5, 5.41) is 11.7. The minimum atomic E-state index is -0.856. The molecule has 17 heavy (non-hydrogen) atoms. The van der Waals surface area contributed by atoms with Gasteiger partial charge in [0.05, 0.1) is 5.92 Å². The van der Waals surface area contributed by atoms with Gasteiger partial charge in [-0.3, -0.25) is 9.59 Å². The first-order chi connectivity index (χ1) is 8.02. The number of hydrogen-bond acceptors (Lipinski definition) is 2. The summed E-state index contributed by atoms with van der Waals surface area (Å²) < 4.78 is 0. The molecular weight excluding hydrogens is 218 g/mol. The highest BCUT2D eigenvalue weighted by Crippen LogP contribution is 2.55. The van der Waals surface area contributed by atoms with Gasteiger partial charge in [0.25, 0.3) is 0 Å². The van der Waals surface area contributed by atoms with Crippen LogP contribution in [0.3, 0.4) is 0 Å². The summed E-state index contributed by atoms with van der Waals surface area (Å²) >= 11 is 0. The molecule has 0 heterocycles. The van der Waals surface area contributed by atoms with E-state index in [0.717, 1.165) is 0 Å². The van der Waals surface area contributed by atoms with Gasteiger partial charge in [-0.2, -0.15) is 0 Å². The van der Waals surface area contributed by atoms with Crippen LogP contribution in [0.5, 0.6) is 0 Å². The fourth-order valence-corrected chi connectivity index (χ4v) is 3.04. The number of amides is 1. The molecule has 96 valence electrons. The summed E-state index contributed by atoms with van der Waals surface area (Å²) in [5.41, 5.74) is 0. The molecule has 2 aliphatic carbocycles. The van der Waals surface area contributed by atoms with Gasteiger partial charge < -0.3 is 10.4 Å². The molecule has 2 rings (SSSR count). The molecule has 0 saturated heterocycles. The number of hydrogen-bond donors (Lipinski definition) is 2. The number of carboxylic acids is 1. The monoisotopic (exact) mass is 239 g/mol. The van der Waals surface area contributed by atoms with Gasteiger partial charge in [0.2, 0.25) is 5.91 Å². The quantitative estimate of drug-likeness (QED) is 0.784. The topological polar surface area (TPSA) is 66.4 Å². The van der Waals surface area contributed by atoms with E-state index in [1.165, 1.54) is 25.7 Å². The van der Waals surface area contributed by atoms with E-state index in [9.17, 15) is 9.59 Å². The molecule has 1 amide bonds. The Morgan fingerprint density at radius 2 is 1.71 bits per heavy atom. The van der Waals surface area contributed by atoms with E-state index in [0.29, 0.717) is 11.8 Å². The standard InChI is InChI=1S/C13H21NO3/c1-7(13(16)17)8(2)14-12(15)11-9-5-3-4-6-10(9)11/h7-11H,3-6H2,1-2H3,(H,14,15)(H,16,17). The van der Waals surface area contributed by atoms with Crippen molar-refractivity contribution in [3.8, 4) is 0 Å². The van der Waals surface area contributed by atoms with Crippen molar-refractivity contribution in [2.75, 3.05) is 0 Å². The van der Waals surface area contributed by atoms with Crippen LogP contribution in [0.1, 0.15) is 39.5 Å². The number of aliphatic carboxylic acids is 1. The first kappa shape index (κ1) is 12.4. The Labute approximate surface area is 102 Å². The van der Waals surface area contributed by atoms with Gasteiger partial charge in [-0.05, 0) is 38.5 Å². The molecule has 0 spiro atoms. The second kappa shape index (κ2) is 4.67. The van der Waals surface area contributed by atoms with E-state index in [4.69, 9.17) is 5.11 Å². The third-order valence-electron chi connectivity index (χ3n) is 4.47. The lowest BCUT2D eigenvalue weighted by molar-refractivity contribution is -0.142. The van der Waals surface area contributed by atoms with E-state index < -0.39 is 11.9 Å². The third kappa shape index (κ3) is 2.45. The van der Waals surface area contributed by atoms with Crippen molar-refractivity contribution in [3.63, 3.8) is 0 Å². The zero-order chi connectivity index (χ0) is 12.6. The van der Waals surface area contributed by atoms with Crippen LogP contribution >= 0.6 is 0 Å². The van der Waals surface area contributed by atoms with Crippen LogP contribution in [-0.4, -0.2) is 23.0 Å². The van der Waals surface area contributed by atoms with Crippen LogP contribution in [0, 0.1) is 23.7 Å². The smallest absolute Gasteiger partial charge is 0.308 e. The van der Waals surface area contributed by atoms with E-state index in [1.807, 2.05) is 0 Å². The lowest BCUT2D eigenvalue weighted by Gasteiger charge is -2.17. The molecule has 4 heteroatoms. The third-order valence-corrected chi connectivity index (χ3v) is 4.47. The van der Waals surface area contributed by atoms with Crippen molar-refractivity contribution < 1.29 is 14.7 Å². The Hall–Kier alpha value is -1.06. The predicted octanol–water partition coefficient (Wildman–Crippen LogP) is 1.65. The van der Waals surface area contributed by atoms with Gasteiger partial charge >= 0.3 is 5.97 Å². The lowest BCUT2D eigenvalue weighted by Crippen LogP contribution is -2.41. The normalized spacial score (nSPS) is 34.4. The summed E-state index contributed by atoms with van der Waals surface area (Å²) in [6, 6.07) is -0.289. The Bertz CT molecular complexity index is 317. The molecule has 0 aromatic heterocycles. The zero-order valence-electron chi connectivity index (χ0n) is 10.5. The number of carbonyl (C=O) groups is 2. The molecule has 2 N–H and O–H groups in total. The maximum atomic E-state index is 12.0. The van der Waals surface area contributed by atoms with Gasteiger partial charge in [-0.25, -0.2) is 0 Å². The number of carbonyl (C=O) groups excluding carboxylic acids is 1. The van der Waals surface area contributed by atoms with Crippen LogP contribution in [-0.2, 0) is 9.59 Å². The molecule has 0 radical (unpaired) electrons. The Morgan fingerprint density at radius 1 is 1.18 bits per heavy atom. The second-order valence-corrected chi connectivity index (χ2v) is 5.56. The number of carboxylic acid groups (broad SMARTS) is 1. The largest absolute Gasteiger partial charge is 0.481 e. The Kier molecular flexibility index (Phi) is 3.40. The maximum Gasteiger partial charge on any atom is 0.308 e. The first-order valence-electron chi connectivity index (χ1n) is 6.55. The van der Waals surface area contributed by atoms with Crippen LogP contribution in [0.25, 0.3) is 0 Å². The van der Waals surface area contributed by atoms with Crippen LogP contribution < -0.4 is 5.32 Å². The molecular formula is C13H21NO3. The van der Waals surface area contributed by atoms with Gasteiger partial charge in [0.15, 0.2) is 0 Å². The number of rotatable bonds is 4. The molecule has 0 bridgehead atoms. The van der Waals surface area contributed by atoms with Crippen molar-refractivity contribution in [1.82, 2.24) is 5.32 Å². The zero-order valence-corrected chi connectivity index (χ0v) is 10.5. The Morgan fingerprint density at radius 3 is 2.18 bits per heavy atom. The molecule has 0 aliphatic heterocycles. The van der Waals surface area contributed by atoms with Crippen molar-refractivity contribution >= 4 is 11.9 Å². The van der Waals surface area contributed by atoms with Crippen LogP contribution in [0.4, 0.5) is 0 Å². The lowest BCUT2D eigenvalue weighted by atomic mass is 10.0. The van der Waals surface area contributed by atoms with E-state index >= 15 is 0 Å². The molecule has 2 saturated carbocycles. The van der Waals surface area contributed by atoms with Crippen molar-refractivity contribution in [3.05, 3.63) is 0 Å². The minimum Gasteiger partial charge on any atom is -0.481 e. The average molecular weight is 239 g/mol. The highest BCUT2D eigenvalue weighted by Gasteiger charge is 2.54. The van der Waals surface area contributed by atoms with Crippen LogP contribution in [0.2, 0.25) is 0 Å². The summed E-state index contributed by atoms with van der Waals surface area (Å²) in [5.74, 6) is 0.0151. The van der Waals surface area contributed by atoms with Gasteiger partial charge in [0.1, 0.15) is 0 Å². The summed E-state index contributed by atoms with van der Waals surface area (Å²) in [4.78, 5) is 22.8. The molecule has 2 fully saturated rings. The summed E-state index contributed by atoms with van der Waals surface area (Å²) in [6.45, 7) is 3.40. The van der Waals surface area contributed by atoms with E-state index in [2.05, 4.69) is 5.32 Å². The maximum absolute atomic E-state index is 12.0. The highest BCUT2D eigenvalue weighted by molar-refractivity contribution is 5.83. The minimum absolute atomic E-state index is 0.0718. The molecule has 4 unspecified atom stereocenters. The molecule has 2 aliphatic rings. The Balaban J connectivity index is 1.84. The van der Waals surface area contributed by atoms with Gasteiger partial charge in [-0.15, -0.1) is 0 Å². The molecule has 4 nitrogen and oxygen atoms in total. The molecule has 0 aromatic carbocycles.